The van der Waals surface area contributed by atoms with Crippen molar-refractivity contribution in [2.24, 2.45) is 11.8 Å². The maximum atomic E-state index is 4.65. The third kappa shape index (κ3) is 5.51. The summed E-state index contributed by atoms with van der Waals surface area (Å²) in [6.07, 6.45) is 3.58. The SMILES string of the molecule is CCCC(C(S)CS)C(CC)C(S)CS. The second-order valence-electron chi connectivity index (χ2n) is 4.02. The summed E-state index contributed by atoms with van der Waals surface area (Å²) in [7, 11) is 0. The van der Waals surface area contributed by atoms with Crippen molar-refractivity contribution in [1.29, 1.82) is 0 Å². The van der Waals surface area contributed by atoms with E-state index in [4.69, 9.17) is 0 Å². The monoisotopic (exact) mass is 284 g/mol. The van der Waals surface area contributed by atoms with Gasteiger partial charge in [-0.1, -0.05) is 26.7 Å². The van der Waals surface area contributed by atoms with Crippen molar-refractivity contribution in [2.75, 3.05) is 11.5 Å². The smallest absolute Gasteiger partial charge is 0.0136 e. The van der Waals surface area contributed by atoms with E-state index in [1.165, 1.54) is 12.8 Å². The van der Waals surface area contributed by atoms with Gasteiger partial charge < -0.3 is 0 Å². The van der Waals surface area contributed by atoms with E-state index < -0.39 is 0 Å². The van der Waals surface area contributed by atoms with E-state index in [1.54, 1.807) is 0 Å². The van der Waals surface area contributed by atoms with E-state index in [-0.39, 0.29) is 0 Å². The zero-order valence-corrected chi connectivity index (χ0v) is 13.2. The fourth-order valence-electron chi connectivity index (χ4n) is 2.16. The van der Waals surface area contributed by atoms with Gasteiger partial charge in [-0.15, -0.1) is 0 Å². The number of thiol groups is 4. The van der Waals surface area contributed by atoms with Crippen LogP contribution in [0.25, 0.3) is 0 Å². The Hall–Kier alpha value is 1.40. The van der Waals surface area contributed by atoms with Crippen molar-refractivity contribution in [2.45, 2.75) is 43.6 Å². The predicted molar refractivity (Wildman–Crippen MR) is 85.4 cm³/mol. The van der Waals surface area contributed by atoms with Crippen LogP contribution in [0.15, 0.2) is 0 Å². The highest BCUT2D eigenvalue weighted by Gasteiger charge is 2.28. The lowest BCUT2D eigenvalue weighted by Crippen LogP contribution is -2.32. The van der Waals surface area contributed by atoms with Gasteiger partial charge in [0.15, 0.2) is 0 Å². The Bertz CT molecular complexity index is 152. The molecule has 0 spiro atoms. The molecule has 0 heterocycles. The van der Waals surface area contributed by atoms with Gasteiger partial charge in [0.25, 0.3) is 0 Å². The van der Waals surface area contributed by atoms with Gasteiger partial charge in [-0.2, -0.15) is 50.5 Å². The molecule has 0 aromatic heterocycles. The predicted octanol–water partition coefficient (Wildman–Crippen LogP) is 3.89. The summed E-state index contributed by atoms with van der Waals surface area (Å²) in [6.45, 7) is 4.46. The molecule has 0 saturated carbocycles. The van der Waals surface area contributed by atoms with Crippen LogP contribution >= 0.6 is 50.5 Å². The lowest BCUT2D eigenvalue weighted by Gasteiger charge is -2.33. The minimum absolute atomic E-state index is 0.379. The normalized spacial score (nSPS) is 19.6. The summed E-state index contributed by atoms with van der Waals surface area (Å²) >= 11 is 18.0. The first kappa shape index (κ1) is 16.4. The lowest BCUT2D eigenvalue weighted by atomic mass is 9.82. The Morgan fingerprint density at radius 3 is 1.67 bits per heavy atom. The van der Waals surface area contributed by atoms with E-state index in [9.17, 15) is 0 Å². The molecule has 0 aliphatic heterocycles. The molecular formula is C11H24S4. The molecule has 0 aromatic carbocycles. The van der Waals surface area contributed by atoms with Crippen LogP contribution in [0.1, 0.15) is 33.1 Å². The van der Waals surface area contributed by atoms with Crippen LogP contribution in [0.5, 0.6) is 0 Å². The molecule has 4 heteroatoms. The van der Waals surface area contributed by atoms with Gasteiger partial charge in [0.05, 0.1) is 0 Å². The first-order valence-corrected chi connectivity index (χ1v) is 7.99. The summed E-state index contributed by atoms with van der Waals surface area (Å²) in [5.74, 6) is 2.92. The molecular weight excluding hydrogens is 260 g/mol. The van der Waals surface area contributed by atoms with Crippen molar-refractivity contribution < 1.29 is 0 Å². The molecule has 0 radical (unpaired) electrons. The maximum absolute atomic E-state index is 4.65. The van der Waals surface area contributed by atoms with Crippen LogP contribution in [0.4, 0.5) is 0 Å². The summed E-state index contributed by atoms with van der Waals surface area (Å²) in [4.78, 5) is 0. The van der Waals surface area contributed by atoms with Crippen molar-refractivity contribution in [1.82, 2.24) is 0 Å². The van der Waals surface area contributed by atoms with E-state index >= 15 is 0 Å². The van der Waals surface area contributed by atoms with Gasteiger partial charge in [0.2, 0.25) is 0 Å². The average Bonchev–Trinajstić information content (AvgIpc) is 2.27. The highest BCUT2D eigenvalue weighted by molar-refractivity contribution is 7.85. The van der Waals surface area contributed by atoms with Crippen LogP contribution in [0, 0.1) is 11.8 Å². The summed E-state index contributed by atoms with van der Waals surface area (Å²) in [5.41, 5.74) is 0. The van der Waals surface area contributed by atoms with Crippen molar-refractivity contribution in [3.63, 3.8) is 0 Å². The van der Waals surface area contributed by atoms with Crippen LogP contribution in [0.2, 0.25) is 0 Å². The van der Waals surface area contributed by atoms with Crippen LogP contribution in [-0.2, 0) is 0 Å². The molecule has 0 aliphatic carbocycles. The molecule has 0 amide bonds. The largest absolute Gasteiger partial charge is 0.178 e. The van der Waals surface area contributed by atoms with Gasteiger partial charge in [0.1, 0.15) is 0 Å². The molecule has 4 atom stereocenters. The van der Waals surface area contributed by atoms with Gasteiger partial charge in [-0.25, -0.2) is 0 Å². The van der Waals surface area contributed by atoms with Crippen molar-refractivity contribution in [3.05, 3.63) is 0 Å². The third-order valence-electron chi connectivity index (χ3n) is 3.01. The van der Waals surface area contributed by atoms with E-state index in [0.717, 1.165) is 17.9 Å². The number of hydrogen-bond acceptors (Lipinski definition) is 4. The lowest BCUT2D eigenvalue weighted by molar-refractivity contribution is 0.303. The highest BCUT2D eigenvalue weighted by Crippen LogP contribution is 2.33. The zero-order chi connectivity index (χ0) is 11.8. The fourth-order valence-corrected chi connectivity index (χ4v) is 3.50. The van der Waals surface area contributed by atoms with Crippen LogP contribution in [0.3, 0.4) is 0 Å². The second kappa shape index (κ2) is 9.43. The minimum atomic E-state index is 0.379. The molecule has 0 saturated heterocycles. The summed E-state index contributed by atoms with van der Waals surface area (Å²) < 4.78 is 0. The minimum Gasteiger partial charge on any atom is -0.178 e. The quantitative estimate of drug-likeness (QED) is 0.478. The van der Waals surface area contributed by atoms with E-state index in [0.29, 0.717) is 22.3 Å². The molecule has 0 rings (SSSR count). The topological polar surface area (TPSA) is 0 Å². The first-order chi connectivity index (χ1) is 7.12. The first-order valence-electron chi connectivity index (χ1n) is 5.70. The van der Waals surface area contributed by atoms with Gasteiger partial charge in [0, 0.05) is 22.0 Å². The molecule has 0 bridgehead atoms. The molecule has 0 aromatic rings. The zero-order valence-electron chi connectivity index (χ0n) is 9.63. The summed E-state index contributed by atoms with van der Waals surface area (Å²) in [5, 5.41) is 0.761. The van der Waals surface area contributed by atoms with Gasteiger partial charge >= 0.3 is 0 Å². The molecule has 0 aliphatic rings. The second-order valence-corrected chi connectivity index (χ2v) is 6.08. The van der Waals surface area contributed by atoms with Gasteiger partial charge in [-0.3, -0.25) is 0 Å². The Kier molecular flexibility index (Phi) is 10.3. The molecule has 15 heavy (non-hydrogen) atoms. The number of hydrogen-bond donors (Lipinski definition) is 4. The van der Waals surface area contributed by atoms with E-state index in [2.05, 4.69) is 64.4 Å². The Labute approximate surface area is 117 Å². The molecule has 0 nitrogen and oxygen atoms in total. The van der Waals surface area contributed by atoms with E-state index in [1.807, 2.05) is 0 Å². The molecule has 4 unspecified atom stereocenters. The molecule has 92 valence electrons. The van der Waals surface area contributed by atoms with Crippen molar-refractivity contribution in [3.8, 4) is 0 Å². The highest BCUT2D eigenvalue weighted by atomic mass is 32.1. The Morgan fingerprint density at radius 1 is 0.867 bits per heavy atom. The standard InChI is InChI=1S/C11H24S4/c1-3-5-9(11(15)7-13)8(4-2)10(14)6-12/h8-15H,3-7H2,1-2H3. The maximum Gasteiger partial charge on any atom is 0.0136 e. The van der Waals surface area contributed by atoms with Gasteiger partial charge in [-0.05, 0) is 18.3 Å². The summed E-state index contributed by atoms with van der Waals surface area (Å²) in [6, 6.07) is 0. The average molecular weight is 285 g/mol. The third-order valence-corrected chi connectivity index (χ3v) is 5.50. The number of rotatable bonds is 8. The molecule has 0 N–H and O–H groups in total. The van der Waals surface area contributed by atoms with Crippen LogP contribution < -0.4 is 0 Å². The Balaban J connectivity index is 4.53. The fraction of sp³-hybridized carbons (Fsp3) is 1.00. The molecule has 0 fully saturated rings. The Morgan fingerprint density at radius 2 is 1.33 bits per heavy atom. The van der Waals surface area contributed by atoms with Crippen molar-refractivity contribution >= 4 is 50.5 Å². The van der Waals surface area contributed by atoms with Crippen LogP contribution in [-0.4, -0.2) is 22.0 Å².